The third-order valence-corrected chi connectivity index (χ3v) is 3.22. The Morgan fingerprint density at radius 1 is 1.10 bits per heavy atom. The van der Waals surface area contributed by atoms with E-state index in [4.69, 9.17) is 0 Å². The molecule has 1 aromatic rings. The van der Waals surface area contributed by atoms with Gasteiger partial charge in [0.05, 0.1) is 0 Å². The van der Waals surface area contributed by atoms with Gasteiger partial charge in [0.2, 0.25) is 0 Å². The highest BCUT2D eigenvalue weighted by atomic mass is 19.4. The maximum atomic E-state index is 12.9. The highest BCUT2D eigenvalue weighted by Gasteiger charge is 2.63. The molecule has 1 saturated heterocycles. The fourth-order valence-corrected chi connectivity index (χ4v) is 2.09. The number of nitrogens with one attached hydrogen (secondary N) is 1. The predicted molar refractivity (Wildman–Crippen MR) is 67.5 cm³/mol. The molecular formula is C13H13F5N2O. The topological polar surface area (TPSA) is 32.3 Å². The van der Waals surface area contributed by atoms with Crippen molar-refractivity contribution >= 4 is 17.3 Å². The largest absolute Gasteiger partial charge is 0.463 e. The number of benzene rings is 1. The first-order chi connectivity index (χ1) is 9.72. The van der Waals surface area contributed by atoms with Gasteiger partial charge < -0.3 is 10.2 Å². The zero-order valence-corrected chi connectivity index (χ0v) is 10.9. The quantitative estimate of drug-likeness (QED) is 0.868. The lowest BCUT2D eigenvalue weighted by atomic mass is 10.2. The minimum Gasteiger partial charge on any atom is -0.371 e. The minimum absolute atomic E-state index is 0.0895. The third-order valence-electron chi connectivity index (χ3n) is 3.22. The van der Waals surface area contributed by atoms with Crippen molar-refractivity contribution in [3.63, 3.8) is 0 Å². The van der Waals surface area contributed by atoms with E-state index < -0.39 is 18.0 Å². The summed E-state index contributed by atoms with van der Waals surface area (Å²) in [5, 5.41) is 1.62. The molecule has 1 N–H and O–H groups in total. The van der Waals surface area contributed by atoms with Gasteiger partial charge in [-0.3, -0.25) is 4.79 Å². The predicted octanol–water partition coefficient (Wildman–Crippen LogP) is 3.42. The van der Waals surface area contributed by atoms with Crippen molar-refractivity contribution in [1.82, 2.24) is 0 Å². The number of amides is 1. The highest BCUT2D eigenvalue weighted by Crippen LogP contribution is 2.36. The molecule has 1 aliphatic heterocycles. The number of anilines is 2. The molecule has 1 fully saturated rings. The Balaban J connectivity index is 2.13. The molecule has 1 aromatic carbocycles. The SMILES string of the molecule is O=C(Nc1cccc(N2CCCC2)c1)C(F)(F)C(F)(F)F. The highest BCUT2D eigenvalue weighted by molar-refractivity contribution is 5.97. The van der Waals surface area contributed by atoms with Gasteiger partial charge in [-0.15, -0.1) is 0 Å². The molecule has 3 nitrogen and oxygen atoms in total. The Morgan fingerprint density at radius 2 is 1.71 bits per heavy atom. The van der Waals surface area contributed by atoms with Crippen LogP contribution in [0.4, 0.5) is 33.3 Å². The molecule has 0 bridgehead atoms. The minimum atomic E-state index is -5.91. The van der Waals surface area contributed by atoms with Crippen LogP contribution in [0.15, 0.2) is 24.3 Å². The van der Waals surface area contributed by atoms with Gasteiger partial charge in [0.25, 0.3) is 0 Å². The summed E-state index contributed by atoms with van der Waals surface area (Å²) in [7, 11) is 0. The third kappa shape index (κ3) is 3.25. The van der Waals surface area contributed by atoms with Gasteiger partial charge in [-0.05, 0) is 31.0 Å². The second kappa shape index (κ2) is 5.50. The average Bonchev–Trinajstić information content (AvgIpc) is 2.91. The number of carbonyl (C=O) groups is 1. The van der Waals surface area contributed by atoms with Gasteiger partial charge in [0, 0.05) is 24.5 Å². The molecule has 0 aliphatic carbocycles. The molecule has 0 spiro atoms. The number of carbonyl (C=O) groups excluding carboxylic acids is 1. The van der Waals surface area contributed by atoms with E-state index in [2.05, 4.69) is 0 Å². The molecule has 21 heavy (non-hydrogen) atoms. The average molecular weight is 308 g/mol. The lowest BCUT2D eigenvalue weighted by Crippen LogP contribution is -2.47. The van der Waals surface area contributed by atoms with Crippen molar-refractivity contribution in [3.8, 4) is 0 Å². The zero-order chi connectivity index (χ0) is 15.7. The summed E-state index contributed by atoms with van der Waals surface area (Å²) in [6.07, 6.45) is -3.94. The van der Waals surface area contributed by atoms with E-state index in [1.54, 1.807) is 11.4 Å². The van der Waals surface area contributed by atoms with Crippen LogP contribution in [0, 0.1) is 0 Å². The van der Waals surface area contributed by atoms with Crippen LogP contribution in [-0.4, -0.2) is 31.1 Å². The zero-order valence-electron chi connectivity index (χ0n) is 10.9. The first-order valence-corrected chi connectivity index (χ1v) is 6.33. The number of hydrogen-bond acceptors (Lipinski definition) is 2. The maximum Gasteiger partial charge on any atom is 0.463 e. The van der Waals surface area contributed by atoms with Crippen LogP contribution < -0.4 is 10.2 Å². The summed E-state index contributed by atoms with van der Waals surface area (Å²) >= 11 is 0. The van der Waals surface area contributed by atoms with Crippen LogP contribution in [-0.2, 0) is 4.79 Å². The Labute approximate surface area is 117 Å². The van der Waals surface area contributed by atoms with Gasteiger partial charge in [-0.1, -0.05) is 6.07 Å². The van der Waals surface area contributed by atoms with Crippen LogP contribution in [0.1, 0.15) is 12.8 Å². The molecule has 8 heteroatoms. The standard InChI is InChI=1S/C13H13F5N2O/c14-12(15,13(16,17)18)11(21)19-9-4-3-5-10(8-9)20-6-1-2-7-20/h3-5,8H,1-2,6-7H2,(H,19,21). The Bertz CT molecular complexity index is 524. The Kier molecular flexibility index (Phi) is 4.06. The van der Waals surface area contributed by atoms with Gasteiger partial charge in [-0.2, -0.15) is 22.0 Å². The second-order valence-electron chi connectivity index (χ2n) is 4.77. The molecule has 1 amide bonds. The summed E-state index contributed by atoms with van der Waals surface area (Å²) in [6.45, 7) is 1.58. The number of rotatable bonds is 3. The lowest BCUT2D eigenvalue weighted by molar-refractivity contribution is -0.267. The molecule has 2 rings (SSSR count). The summed E-state index contributed by atoms with van der Waals surface area (Å²) in [6, 6.07) is 5.86. The van der Waals surface area contributed by atoms with E-state index in [0.29, 0.717) is 5.69 Å². The lowest BCUT2D eigenvalue weighted by Gasteiger charge is -2.20. The van der Waals surface area contributed by atoms with Crippen LogP contribution in [0.2, 0.25) is 0 Å². The molecule has 0 saturated carbocycles. The van der Waals surface area contributed by atoms with Crippen LogP contribution in [0.25, 0.3) is 0 Å². The maximum absolute atomic E-state index is 12.9. The van der Waals surface area contributed by atoms with Crippen molar-refractivity contribution in [3.05, 3.63) is 24.3 Å². The Hall–Kier alpha value is -1.86. The van der Waals surface area contributed by atoms with E-state index in [1.807, 2.05) is 4.90 Å². The first-order valence-electron chi connectivity index (χ1n) is 6.33. The first kappa shape index (κ1) is 15.5. The van der Waals surface area contributed by atoms with Crippen molar-refractivity contribution in [2.45, 2.75) is 24.9 Å². The second-order valence-corrected chi connectivity index (χ2v) is 4.77. The molecule has 116 valence electrons. The van der Waals surface area contributed by atoms with E-state index >= 15 is 0 Å². The molecular weight excluding hydrogens is 295 g/mol. The van der Waals surface area contributed by atoms with Gasteiger partial charge >= 0.3 is 18.0 Å². The van der Waals surface area contributed by atoms with E-state index in [0.717, 1.165) is 25.9 Å². The van der Waals surface area contributed by atoms with Crippen molar-refractivity contribution in [1.29, 1.82) is 0 Å². The van der Waals surface area contributed by atoms with Crippen molar-refractivity contribution < 1.29 is 26.7 Å². The fraction of sp³-hybridized carbons (Fsp3) is 0.462. The van der Waals surface area contributed by atoms with E-state index in [1.165, 1.54) is 18.2 Å². The van der Waals surface area contributed by atoms with Gasteiger partial charge in [0.1, 0.15) is 0 Å². The smallest absolute Gasteiger partial charge is 0.371 e. The fourth-order valence-electron chi connectivity index (χ4n) is 2.09. The summed E-state index contributed by atoms with van der Waals surface area (Å²) in [5.74, 6) is -7.80. The number of halogens is 5. The summed E-state index contributed by atoms with van der Waals surface area (Å²) in [5.41, 5.74) is 0.592. The molecule has 1 heterocycles. The number of hydrogen-bond donors (Lipinski definition) is 1. The Morgan fingerprint density at radius 3 is 2.29 bits per heavy atom. The molecule has 1 aliphatic rings. The van der Waals surface area contributed by atoms with Crippen molar-refractivity contribution in [2.75, 3.05) is 23.3 Å². The van der Waals surface area contributed by atoms with Crippen LogP contribution in [0.5, 0.6) is 0 Å². The monoisotopic (exact) mass is 308 g/mol. The van der Waals surface area contributed by atoms with Crippen molar-refractivity contribution in [2.24, 2.45) is 0 Å². The van der Waals surface area contributed by atoms with E-state index in [-0.39, 0.29) is 5.69 Å². The summed E-state index contributed by atoms with van der Waals surface area (Å²) in [4.78, 5) is 13.1. The molecule has 0 unspecified atom stereocenters. The van der Waals surface area contributed by atoms with E-state index in [9.17, 15) is 26.7 Å². The molecule has 0 atom stereocenters. The number of alkyl halides is 5. The molecule has 0 radical (unpaired) electrons. The number of nitrogens with zero attached hydrogens (tertiary/aromatic N) is 1. The van der Waals surface area contributed by atoms with Crippen LogP contribution >= 0.6 is 0 Å². The normalized spacial score (nSPS) is 16.1. The van der Waals surface area contributed by atoms with Gasteiger partial charge in [-0.25, -0.2) is 0 Å². The molecule has 0 aromatic heterocycles. The summed E-state index contributed by atoms with van der Waals surface area (Å²) < 4.78 is 62.0. The van der Waals surface area contributed by atoms with Gasteiger partial charge in [0.15, 0.2) is 0 Å². The van der Waals surface area contributed by atoms with Crippen LogP contribution in [0.3, 0.4) is 0 Å².